The van der Waals surface area contributed by atoms with Gasteiger partial charge in [-0.05, 0) is 19.1 Å². The minimum absolute atomic E-state index is 0.0658. The summed E-state index contributed by atoms with van der Waals surface area (Å²) in [7, 11) is 0. The van der Waals surface area contributed by atoms with Crippen molar-refractivity contribution in [3.8, 4) is 22.1 Å². The van der Waals surface area contributed by atoms with Crippen molar-refractivity contribution in [1.29, 1.82) is 0 Å². The molecule has 1 aromatic carbocycles. The molecule has 2 aromatic rings. The van der Waals surface area contributed by atoms with Crippen molar-refractivity contribution < 1.29 is 19.4 Å². The van der Waals surface area contributed by atoms with Crippen molar-refractivity contribution >= 4 is 28.9 Å². The van der Waals surface area contributed by atoms with Crippen LogP contribution in [0, 0.1) is 6.92 Å². The third-order valence-corrected chi connectivity index (χ3v) is 4.14. The van der Waals surface area contributed by atoms with Crippen LogP contribution in [0.2, 0.25) is 5.02 Å². The van der Waals surface area contributed by atoms with E-state index in [9.17, 15) is 4.79 Å². The molecule has 1 N–H and O–H groups in total. The first-order valence-corrected chi connectivity index (χ1v) is 7.06. The zero-order valence-electron chi connectivity index (χ0n) is 10.5. The van der Waals surface area contributed by atoms with Gasteiger partial charge >= 0.3 is 5.97 Å². The fourth-order valence-corrected chi connectivity index (χ4v) is 3.11. The van der Waals surface area contributed by atoms with Gasteiger partial charge in [-0.2, -0.15) is 0 Å². The van der Waals surface area contributed by atoms with Gasteiger partial charge in [-0.15, -0.1) is 11.3 Å². The maximum Gasteiger partial charge on any atom is 0.355 e. The number of ether oxygens (including phenoxy) is 2. The molecule has 0 radical (unpaired) electrons. The SMILES string of the molecule is Cc1sc(-c2cc(Cl)c3c(c2)OCCO3)nc1C(=O)O. The Morgan fingerprint density at radius 2 is 2.15 bits per heavy atom. The number of hydrogen-bond acceptors (Lipinski definition) is 5. The molecule has 1 aromatic heterocycles. The Hall–Kier alpha value is -1.79. The highest BCUT2D eigenvalue weighted by Gasteiger charge is 2.20. The summed E-state index contributed by atoms with van der Waals surface area (Å²) in [6, 6.07) is 3.48. The van der Waals surface area contributed by atoms with E-state index in [-0.39, 0.29) is 5.69 Å². The van der Waals surface area contributed by atoms with Crippen molar-refractivity contribution in [2.75, 3.05) is 13.2 Å². The number of fused-ring (bicyclic) bond motifs is 1. The third kappa shape index (κ3) is 2.21. The minimum atomic E-state index is -1.03. The number of aryl methyl sites for hydroxylation is 1. The molecule has 0 amide bonds. The van der Waals surface area contributed by atoms with Crippen LogP contribution in [0.4, 0.5) is 0 Å². The number of hydrogen-bond donors (Lipinski definition) is 1. The molecule has 0 saturated heterocycles. The molecule has 5 nitrogen and oxygen atoms in total. The minimum Gasteiger partial charge on any atom is -0.486 e. The average molecular weight is 312 g/mol. The molecular weight excluding hydrogens is 302 g/mol. The fourth-order valence-electron chi connectivity index (χ4n) is 1.95. The summed E-state index contributed by atoms with van der Waals surface area (Å²) in [5, 5.41) is 10.1. The van der Waals surface area contributed by atoms with Crippen LogP contribution in [0.3, 0.4) is 0 Å². The molecule has 1 aliphatic rings. The molecule has 3 rings (SSSR count). The number of carboxylic acid groups (broad SMARTS) is 1. The predicted octanol–water partition coefficient (Wildman–Crippen LogP) is 3.24. The standard InChI is InChI=1S/C13H10ClNO4S/c1-6-10(13(16)17)15-12(20-6)7-4-8(14)11-9(5-7)18-2-3-19-11/h4-5H,2-3H2,1H3,(H,16,17). The lowest BCUT2D eigenvalue weighted by Gasteiger charge is -2.19. The molecule has 104 valence electrons. The van der Waals surface area contributed by atoms with Gasteiger partial charge in [-0.1, -0.05) is 11.6 Å². The summed E-state index contributed by atoms with van der Waals surface area (Å²) in [5.41, 5.74) is 0.788. The van der Waals surface area contributed by atoms with Crippen LogP contribution in [0.15, 0.2) is 12.1 Å². The van der Waals surface area contributed by atoms with E-state index in [1.54, 1.807) is 19.1 Å². The number of halogens is 1. The zero-order chi connectivity index (χ0) is 14.3. The molecule has 0 fully saturated rings. The summed E-state index contributed by atoms with van der Waals surface area (Å²) in [5.74, 6) is 0.0468. The summed E-state index contributed by atoms with van der Waals surface area (Å²) in [6.07, 6.45) is 0. The maximum absolute atomic E-state index is 11.0. The van der Waals surface area contributed by atoms with Crippen LogP contribution in [-0.2, 0) is 0 Å². The summed E-state index contributed by atoms with van der Waals surface area (Å²) >= 11 is 7.47. The van der Waals surface area contributed by atoms with Crippen LogP contribution in [0.5, 0.6) is 11.5 Å². The number of aromatic carboxylic acids is 1. The summed E-state index contributed by atoms with van der Waals surface area (Å²) < 4.78 is 10.9. The normalized spacial score (nSPS) is 13.3. The van der Waals surface area contributed by atoms with Gasteiger partial charge in [-0.3, -0.25) is 0 Å². The Morgan fingerprint density at radius 1 is 1.40 bits per heavy atom. The van der Waals surface area contributed by atoms with Gasteiger partial charge in [0.2, 0.25) is 0 Å². The van der Waals surface area contributed by atoms with E-state index in [1.807, 2.05) is 0 Å². The highest BCUT2D eigenvalue weighted by atomic mass is 35.5. The fraction of sp³-hybridized carbons (Fsp3) is 0.231. The van der Waals surface area contributed by atoms with Crippen LogP contribution in [0.1, 0.15) is 15.4 Å². The van der Waals surface area contributed by atoms with Crippen LogP contribution in [0.25, 0.3) is 10.6 Å². The number of carboxylic acids is 1. The molecule has 0 spiro atoms. The lowest BCUT2D eigenvalue weighted by atomic mass is 10.2. The van der Waals surface area contributed by atoms with Crippen molar-refractivity contribution in [3.63, 3.8) is 0 Å². The lowest BCUT2D eigenvalue weighted by Crippen LogP contribution is -2.15. The second kappa shape index (κ2) is 4.96. The molecule has 0 unspecified atom stereocenters. The number of nitrogens with zero attached hydrogens (tertiary/aromatic N) is 1. The molecule has 1 aliphatic heterocycles. The second-order valence-corrected chi connectivity index (χ2v) is 5.82. The van der Waals surface area contributed by atoms with Crippen molar-refractivity contribution in [1.82, 2.24) is 4.98 Å². The number of carbonyl (C=O) groups is 1. The number of aromatic nitrogens is 1. The second-order valence-electron chi connectivity index (χ2n) is 4.21. The number of benzene rings is 1. The number of thiazole rings is 1. The van der Waals surface area contributed by atoms with Gasteiger partial charge in [0.05, 0.1) is 5.02 Å². The molecule has 0 bridgehead atoms. The van der Waals surface area contributed by atoms with Crippen molar-refractivity contribution in [3.05, 3.63) is 27.7 Å². The topological polar surface area (TPSA) is 68.7 Å². The lowest BCUT2D eigenvalue weighted by molar-refractivity contribution is 0.0690. The predicted molar refractivity (Wildman–Crippen MR) is 75.2 cm³/mol. The average Bonchev–Trinajstić information content (AvgIpc) is 2.81. The van der Waals surface area contributed by atoms with Gasteiger partial charge in [0.25, 0.3) is 0 Å². The van der Waals surface area contributed by atoms with E-state index in [4.69, 9.17) is 26.2 Å². The smallest absolute Gasteiger partial charge is 0.355 e. The summed E-state index contributed by atoms with van der Waals surface area (Å²) in [4.78, 5) is 15.8. The van der Waals surface area contributed by atoms with E-state index >= 15 is 0 Å². The molecule has 0 atom stereocenters. The van der Waals surface area contributed by atoms with Gasteiger partial charge in [0.1, 0.15) is 18.2 Å². The molecule has 0 aliphatic carbocycles. The Bertz CT molecular complexity index is 698. The molecular formula is C13H10ClNO4S. The third-order valence-electron chi connectivity index (χ3n) is 2.84. The Labute approximate surface area is 123 Å². The van der Waals surface area contributed by atoms with Crippen molar-refractivity contribution in [2.24, 2.45) is 0 Å². The quantitative estimate of drug-likeness (QED) is 0.922. The Morgan fingerprint density at radius 3 is 2.85 bits per heavy atom. The Balaban J connectivity index is 2.08. The highest BCUT2D eigenvalue weighted by Crippen LogP contribution is 2.42. The number of rotatable bonds is 2. The first kappa shape index (κ1) is 13.2. The molecule has 2 heterocycles. The van der Waals surface area contributed by atoms with Crippen molar-refractivity contribution in [2.45, 2.75) is 6.92 Å². The summed E-state index contributed by atoms with van der Waals surface area (Å²) in [6.45, 7) is 2.65. The molecule has 20 heavy (non-hydrogen) atoms. The van der Waals surface area contributed by atoms with Crippen LogP contribution >= 0.6 is 22.9 Å². The largest absolute Gasteiger partial charge is 0.486 e. The zero-order valence-corrected chi connectivity index (χ0v) is 12.0. The maximum atomic E-state index is 11.0. The van der Waals surface area contributed by atoms with Crippen LogP contribution < -0.4 is 9.47 Å². The van der Waals surface area contributed by atoms with Gasteiger partial charge in [0.15, 0.2) is 17.2 Å². The van der Waals surface area contributed by atoms with Crippen LogP contribution in [-0.4, -0.2) is 29.3 Å². The van der Waals surface area contributed by atoms with Gasteiger partial charge < -0.3 is 14.6 Å². The molecule has 0 saturated carbocycles. The Kier molecular flexibility index (Phi) is 3.27. The molecule has 7 heteroatoms. The first-order valence-electron chi connectivity index (χ1n) is 5.86. The van der Waals surface area contributed by atoms with Gasteiger partial charge in [0, 0.05) is 10.4 Å². The monoisotopic (exact) mass is 311 g/mol. The van der Waals surface area contributed by atoms with E-state index in [1.165, 1.54) is 11.3 Å². The van der Waals surface area contributed by atoms with E-state index in [0.29, 0.717) is 39.6 Å². The van der Waals surface area contributed by atoms with E-state index < -0.39 is 5.97 Å². The van der Waals surface area contributed by atoms with E-state index in [2.05, 4.69) is 4.98 Å². The highest BCUT2D eigenvalue weighted by molar-refractivity contribution is 7.15. The first-order chi connectivity index (χ1) is 9.56. The van der Waals surface area contributed by atoms with E-state index in [0.717, 1.165) is 5.56 Å². The van der Waals surface area contributed by atoms with Gasteiger partial charge in [-0.25, -0.2) is 9.78 Å².